The number of rotatable bonds is 9. The summed E-state index contributed by atoms with van der Waals surface area (Å²) in [6.45, 7) is 15.1. The highest BCUT2D eigenvalue weighted by molar-refractivity contribution is 5.92. The summed E-state index contributed by atoms with van der Waals surface area (Å²) in [5, 5.41) is 5.75. The summed E-state index contributed by atoms with van der Waals surface area (Å²) < 4.78 is 5.45. The summed E-state index contributed by atoms with van der Waals surface area (Å²) in [7, 11) is 0. The Morgan fingerprint density at radius 3 is 2.00 bits per heavy atom. The molecule has 36 heavy (non-hydrogen) atoms. The normalized spacial score (nSPS) is 13.0. The summed E-state index contributed by atoms with van der Waals surface area (Å²) in [4.78, 5) is 41.9. The second kappa shape index (κ2) is 12.6. The third-order valence-electron chi connectivity index (χ3n) is 5.70. The van der Waals surface area contributed by atoms with Crippen LogP contribution in [0, 0.1) is 13.8 Å². The van der Waals surface area contributed by atoms with Crippen molar-refractivity contribution < 1.29 is 19.1 Å². The van der Waals surface area contributed by atoms with Crippen LogP contribution in [0.4, 0.5) is 4.79 Å². The van der Waals surface area contributed by atoms with E-state index in [-0.39, 0.29) is 30.8 Å². The van der Waals surface area contributed by atoms with Gasteiger partial charge in [0.25, 0.3) is 0 Å². The highest BCUT2D eigenvalue weighted by atomic mass is 16.6. The molecule has 2 unspecified atom stereocenters. The van der Waals surface area contributed by atoms with Crippen LogP contribution in [-0.4, -0.2) is 47.0 Å². The van der Waals surface area contributed by atoms with Crippen molar-refractivity contribution in [3.63, 3.8) is 0 Å². The molecule has 2 rings (SSSR count). The highest BCUT2D eigenvalue weighted by Gasteiger charge is 2.37. The van der Waals surface area contributed by atoms with Gasteiger partial charge in [-0.25, -0.2) is 4.79 Å². The number of likely N-dealkylation sites (N-methyl/N-ethyl adjacent to an activating group) is 1. The molecular formula is C29H41N3O4. The number of nitrogens with zero attached hydrogens (tertiary/aromatic N) is 1. The summed E-state index contributed by atoms with van der Waals surface area (Å²) >= 11 is 0. The molecule has 7 nitrogen and oxygen atoms in total. The zero-order chi connectivity index (χ0) is 27.0. The van der Waals surface area contributed by atoms with E-state index in [0.717, 1.165) is 22.3 Å². The smallest absolute Gasteiger partial charge is 0.408 e. The predicted octanol–water partition coefficient (Wildman–Crippen LogP) is 4.85. The van der Waals surface area contributed by atoms with Gasteiger partial charge in [0.15, 0.2) is 0 Å². The zero-order valence-electron chi connectivity index (χ0n) is 22.8. The van der Waals surface area contributed by atoms with Gasteiger partial charge >= 0.3 is 6.09 Å². The van der Waals surface area contributed by atoms with E-state index in [1.165, 1.54) is 0 Å². The molecule has 0 aliphatic rings. The first-order valence-electron chi connectivity index (χ1n) is 12.5. The third-order valence-corrected chi connectivity index (χ3v) is 5.70. The molecule has 0 saturated carbocycles. The van der Waals surface area contributed by atoms with Crippen molar-refractivity contribution in [3.05, 3.63) is 70.8 Å². The molecule has 2 N–H and O–H groups in total. The molecule has 3 amide bonds. The minimum absolute atomic E-state index is 0.0989. The van der Waals surface area contributed by atoms with Gasteiger partial charge < -0.3 is 20.3 Å². The van der Waals surface area contributed by atoms with Crippen molar-refractivity contribution in [3.8, 4) is 0 Å². The number of nitrogens with one attached hydrogen (secondary N) is 2. The van der Waals surface area contributed by atoms with Crippen molar-refractivity contribution in [1.82, 2.24) is 15.5 Å². The largest absolute Gasteiger partial charge is 0.444 e. The maximum absolute atomic E-state index is 14.1. The van der Waals surface area contributed by atoms with Gasteiger partial charge in [-0.2, -0.15) is 0 Å². The molecule has 0 saturated heterocycles. The van der Waals surface area contributed by atoms with Crippen LogP contribution in [0.1, 0.15) is 69.8 Å². The van der Waals surface area contributed by atoms with Gasteiger partial charge in [0, 0.05) is 19.0 Å². The number of carbonyl (C=O) groups is 3. The Labute approximate surface area is 215 Å². The number of hydrogen-bond donors (Lipinski definition) is 2. The molecule has 7 heteroatoms. The first kappa shape index (κ1) is 28.9. The first-order chi connectivity index (χ1) is 16.8. The maximum Gasteiger partial charge on any atom is 0.408 e. The van der Waals surface area contributed by atoms with E-state index in [1.54, 1.807) is 25.7 Å². The number of carbonyl (C=O) groups excluding carboxylic acids is 3. The van der Waals surface area contributed by atoms with Crippen LogP contribution < -0.4 is 10.6 Å². The van der Waals surface area contributed by atoms with E-state index in [4.69, 9.17) is 4.74 Å². The molecular weight excluding hydrogens is 454 g/mol. The summed E-state index contributed by atoms with van der Waals surface area (Å²) in [6, 6.07) is 13.4. The lowest BCUT2D eigenvalue weighted by atomic mass is 9.93. The molecule has 196 valence electrons. The standard InChI is InChI=1S/C29H41N3O4/c1-9-32(25(26(33)30-19(2)3)24-20(4)14-13-15-21(24)5)27(34)23(18-22-16-11-10-12-17-22)31-28(35)36-29(6,7)8/h10-17,19,23,25H,9,18H2,1-8H3,(H,30,33)(H,31,35). The molecule has 0 spiro atoms. The van der Waals surface area contributed by atoms with Crippen molar-refractivity contribution >= 4 is 17.9 Å². The Balaban J connectivity index is 2.52. The van der Waals surface area contributed by atoms with Gasteiger partial charge in [0.1, 0.15) is 17.7 Å². The fourth-order valence-corrected chi connectivity index (χ4v) is 4.22. The quantitative estimate of drug-likeness (QED) is 0.520. The molecule has 0 aromatic heterocycles. The zero-order valence-corrected chi connectivity index (χ0v) is 22.8. The molecule has 0 bridgehead atoms. The number of hydrogen-bond acceptors (Lipinski definition) is 4. The van der Waals surface area contributed by atoms with Crippen molar-refractivity contribution in [2.45, 2.75) is 85.5 Å². The van der Waals surface area contributed by atoms with Crippen molar-refractivity contribution in [2.24, 2.45) is 0 Å². The van der Waals surface area contributed by atoms with Crippen LogP contribution in [-0.2, 0) is 20.7 Å². The van der Waals surface area contributed by atoms with E-state index in [2.05, 4.69) is 10.6 Å². The first-order valence-corrected chi connectivity index (χ1v) is 12.5. The molecule has 0 aliphatic carbocycles. The van der Waals surface area contributed by atoms with E-state index in [9.17, 15) is 14.4 Å². The number of benzene rings is 2. The number of amides is 3. The topological polar surface area (TPSA) is 87.7 Å². The average molecular weight is 496 g/mol. The minimum atomic E-state index is -0.916. The summed E-state index contributed by atoms with van der Waals surface area (Å²) in [6.07, 6.45) is -0.413. The van der Waals surface area contributed by atoms with Gasteiger partial charge in [-0.3, -0.25) is 9.59 Å². The van der Waals surface area contributed by atoms with Gasteiger partial charge in [0.2, 0.25) is 11.8 Å². The molecule has 2 aromatic rings. The van der Waals surface area contributed by atoms with E-state index < -0.39 is 23.8 Å². The fraction of sp³-hybridized carbons (Fsp3) is 0.483. The molecule has 2 aromatic carbocycles. The van der Waals surface area contributed by atoms with E-state index >= 15 is 0 Å². The molecule has 2 atom stereocenters. The van der Waals surface area contributed by atoms with Crippen LogP contribution in [0.15, 0.2) is 48.5 Å². The summed E-state index contributed by atoms with van der Waals surface area (Å²) in [5.74, 6) is -0.605. The molecule has 0 fully saturated rings. The van der Waals surface area contributed by atoms with Crippen molar-refractivity contribution in [2.75, 3.05) is 6.54 Å². The van der Waals surface area contributed by atoms with Gasteiger partial charge in [-0.05, 0) is 77.6 Å². The van der Waals surface area contributed by atoms with Gasteiger partial charge in [-0.1, -0.05) is 48.5 Å². The Kier molecular flexibility index (Phi) is 10.1. The molecule has 0 aliphatic heterocycles. The lowest BCUT2D eigenvalue weighted by Crippen LogP contribution is -2.54. The summed E-state index contributed by atoms with van der Waals surface area (Å²) in [5.41, 5.74) is 2.81. The lowest BCUT2D eigenvalue weighted by Gasteiger charge is -2.35. The van der Waals surface area contributed by atoms with Crippen molar-refractivity contribution in [1.29, 1.82) is 0 Å². The van der Waals surface area contributed by atoms with Crippen LogP contribution >= 0.6 is 0 Å². The fourth-order valence-electron chi connectivity index (χ4n) is 4.22. The van der Waals surface area contributed by atoms with Crippen LogP contribution in [0.5, 0.6) is 0 Å². The highest BCUT2D eigenvalue weighted by Crippen LogP contribution is 2.29. The second-order valence-electron chi connectivity index (χ2n) is 10.4. The van der Waals surface area contributed by atoms with Crippen LogP contribution in [0.3, 0.4) is 0 Å². The monoisotopic (exact) mass is 495 g/mol. The molecule has 0 heterocycles. The van der Waals surface area contributed by atoms with E-state index in [0.29, 0.717) is 0 Å². The lowest BCUT2D eigenvalue weighted by molar-refractivity contribution is -0.142. The number of alkyl carbamates (subject to hydrolysis) is 1. The Bertz CT molecular complexity index is 1020. The van der Waals surface area contributed by atoms with Gasteiger partial charge in [-0.15, -0.1) is 0 Å². The average Bonchev–Trinajstić information content (AvgIpc) is 2.76. The predicted molar refractivity (Wildman–Crippen MR) is 143 cm³/mol. The third kappa shape index (κ3) is 8.11. The van der Waals surface area contributed by atoms with E-state index in [1.807, 2.05) is 83.1 Å². The maximum atomic E-state index is 14.1. The Morgan fingerprint density at radius 2 is 1.50 bits per heavy atom. The Hall–Kier alpha value is -3.35. The number of aryl methyl sites for hydroxylation is 2. The van der Waals surface area contributed by atoms with Gasteiger partial charge in [0.05, 0.1) is 0 Å². The van der Waals surface area contributed by atoms with Crippen LogP contribution in [0.2, 0.25) is 0 Å². The second-order valence-corrected chi connectivity index (χ2v) is 10.4. The number of ether oxygens (including phenoxy) is 1. The SMILES string of the molecule is CCN(C(=O)C(Cc1ccccc1)NC(=O)OC(C)(C)C)C(C(=O)NC(C)C)c1c(C)cccc1C. The van der Waals surface area contributed by atoms with Crippen LogP contribution in [0.25, 0.3) is 0 Å². The molecule has 0 radical (unpaired) electrons. The Morgan fingerprint density at radius 1 is 0.917 bits per heavy atom. The minimum Gasteiger partial charge on any atom is -0.444 e.